The summed E-state index contributed by atoms with van der Waals surface area (Å²) in [4.78, 5) is 15.0. The van der Waals surface area contributed by atoms with Gasteiger partial charge in [-0.1, -0.05) is 17.7 Å². The van der Waals surface area contributed by atoms with Crippen molar-refractivity contribution in [3.05, 3.63) is 60.3 Å². The van der Waals surface area contributed by atoms with Gasteiger partial charge in [-0.2, -0.15) is 0 Å². The molecule has 1 aromatic heterocycles. The number of amides is 1. The maximum Gasteiger partial charge on any atom is 0.262 e. The van der Waals surface area contributed by atoms with Crippen molar-refractivity contribution in [2.45, 2.75) is 6.92 Å². The zero-order chi connectivity index (χ0) is 14.7. The molecular formula is C17H16N2O2. The van der Waals surface area contributed by atoms with Gasteiger partial charge in [-0.3, -0.25) is 4.79 Å². The standard InChI is InChI=1S/C17H16N2O2/c1-12-2-5-15(6-3-12)21-11-17(20)19-14-4-7-16-13(10-14)8-9-18-16/h2-10,18H,11H2,1H3,(H,19,20). The van der Waals surface area contributed by atoms with Gasteiger partial charge >= 0.3 is 0 Å². The molecule has 0 unspecified atom stereocenters. The van der Waals surface area contributed by atoms with Crippen LogP contribution in [0, 0.1) is 6.92 Å². The van der Waals surface area contributed by atoms with Gasteiger partial charge in [0.2, 0.25) is 0 Å². The van der Waals surface area contributed by atoms with Gasteiger partial charge in [-0.05, 0) is 43.3 Å². The van der Waals surface area contributed by atoms with Crippen LogP contribution in [0.2, 0.25) is 0 Å². The van der Waals surface area contributed by atoms with Crippen LogP contribution in [0.25, 0.3) is 10.9 Å². The molecule has 4 heteroatoms. The van der Waals surface area contributed by atoms with E-state index in [0.29, 0.717) is 5.75 Å². The number of benzene rings is 2. The van der Waals surface area contributed by atoms with Gasteiger partial charge in [0, 0.05) is 22.8 Å². The number of hydrogen-bond acceptors (Lipinski definition) is 2. The fourth-order valence-electron chi connectivity index (χ4n) is 2.11. The van der Waals surface area contributed by atoms with Crippen LogP contribution in [0.5, 0.6) is 5.75 Å². The molecule has 0 aliphatic heterocycles. The third-order valence-electron chi connectivity index (χ3n) is 3.23. The van der Waals surface area contributed by atoms with E-state index in [9.17, 15) is 4.79 Å². The summed E-state index contributed by atoms with van der Waals surface area (Å²) >= 11 is 0. The molecule has 0 aliphatic rings. The molecular weight excluding hydrogens is 264 g/mol. The Labute approximate surface area is 122 Å². The Bertz CT molecular complexity index is 760. The van der Waals surface area contributed by atoms with E-state index in [4.69, 9.17) is 4.74 Å². The van der Waals surface area contributed by atoms with Crippen LogP contribution < -0.4 is 10.1 Å². The number of aromatic nitrogens is 1. The first-order valence-electron chi connectivity index (χ1n) is 6.77. The second kappa shape index (κ2) is 5.71. The summed E-state index contributed by atoms with van der Waals surface area (Å²) < 4.78 is 5.45. The SMILES string of the molecule is Cc1ccc(OCC(=O)Nc2ccc3[nH]ccc3c2)cc1. The van der Waals surface area contributed by atoms with E-state index in [0.717, 1.165) is 22.2 Å². The molecule has 21 heavy (non-hydrogen) atoms. The lowest BCUT2D eigenvalue weighted by molar-refractivity contribution is -0.118. The highest BCUT2D eigenvalue weighted by Gasteiger charge is 2.04. The molecule has 1 heterocycles. The number of fused-ring (bicyclic) bond motifs is 1. The lowest BCUT2D eigenvalue weighted by Gasteiger charge is -2.08. The van der Waals surface area contributed by atoms with Crippen LogP contribution in [0.3, 0.4) is 0 Å². The molecule has 3 aromatic rings. The number of carbonyl (C=O) groups excluding carboxylic acids is 1. The summed E-state index contributed by atoms with van der Waals surface area (Å²) in [6.45, 7) is 2.00. The fourth-order valence-corrected chi connectivity index (χ4v) is 2.11. The highest BCUT2D eigenvalue weighted by Crippen LogP contribution is 2.18. The van der Waals surface area contributed by atoms with Gasteiger partial charge in [0.05, 0.1) is 0 Å². The maximum atomic E-state index is 11.9. The molecule has 2 aromatic carbocycles. The second-order valence-corrected chi connectivity index (χ2v) is 4.93. The normalized spacial score (nSPS) is 10.5. The molecule has 0 radical (unpaired) electrons. The van der Waals surface area contributed by atoms with Crippen molar-refractivity contribution in [2.75, 3.05) is 11.9 Å². The van der Waals surface area contributed by atoms with Crippen LogP contribution in [0.15, 0.2) is 54.7 Å². The quantitative estimate of drug-likeness (QED) is 0.768. The lowest BCUT2D eigenvalue weighted by atomic mass is 10.2. The van der Waals surface area contributed by atoms with Crippen LogP contribution in [-0.2, 0) is 4.79 Å². The minimum atomic E-state index is -0.175. The Hall–Kier alpha value is -2.75. The average Bonchev–Trinajstić information content (AvgIpc) is 2.94. The second-order valence-electron chi connectivity index (χ2n) is 4.93. The van der Waals surface area contributed by atoms with Crippen molar-refractivity contribution in [2.24, 2.45) is 0 Å². The monoisotopic (exact) mass is 280 g/mol. The number of hydrogen-bond donors (Lipinski definition) is 2. The van der Waals surface area contributed by atoms with E-state index in [2.05, 4.69) is 10.3 Å². The molecule has 106 valence electrons. The van der Waals surface area contributed by atoms with Crippen LogP contribution in [0.4, 0.5) is 5.69 Å². The maximum absolute atomic E-state index is 11.9. The van der Waals surface area contributed by atoms with E-state index in [-0.39, 0.29) is 12.5 Å². The number of rotatable bonds is 4. The minimum Gasteiger partial charge on any atom is -0.484 e. The molecule has 4 nitrogen and oxygen atoms in total. The topological polar surface area (TPSA) is 54.1 Å². The summed E-state index contributed by atoms with van der Waals surface area (Å²) in [6.07, 6.45) is 1.87. The van der Waals surface area contributed by atoms with Gasteiger partial charge in [0.15, 0.2) is 6.61 Å². The lowest BCUT2D eigenvalue weighted by Crippen LogP contribution is -2.20. The minimum absolute atomic E-state index is 0.00572. The summed E-state index contributed by atoms with van der Waals surface area (Å²) in [5.41, 5.74) is 2.97. The molecule has 1 amide bonds. The molecule has 0 fully saturated rings. The first-order valence-corrected chi connectivity index (χ1v) is 6.77. The van der Waals surface area contributed by atoms with E-state index >= 15 is 0 Å². The van der Waals surface area contributed by atoms with E-state index in [1.807, 2.05) is 61.7 Å². The molecule has 0 spiro atoms. The number of aryl methyl sites for hydroxylation is 1. The summed E-state index contributed by atoms with van der Waals surface area (Å²) in [6, 6.07) is 15.3. The Morgan fingerprint density at radius 1 is 1.14 bits per heavy atom. The Balaban J connectivity index is 1.59. The molecule has 3 rings (SSSR count). The molecule has 0 bridgehead atoms. The Morgan fingerprint density at radius 3 is 2.76 bits per heavy atom. The smallest absolute Gasteiger partial charge is 0.262 e. The third kappa shape index (κ3) is 3.23. The summed E-state index contributed by atoms with van der Waals surface area (Å²) in [5, 5.41) is 3.89. The molecule has 0 aliphatic carbocycles. The number of nitrogens with one attached hydrogen (secondary N) is 2. The van der Waals surface area contributed by atoms with Crippen molar-refractivity contribution in [1.82, 2.24) is 4.98 Å². The third-order valence-corrected chi connectivity index (χ3v) is 3.23. The molecule has 0 atom stereocenters. The van der Waals surface area contributed by atoms with Gasteiger partial charge in [0.25, 0.3) is 5.91 Å². The number of carbonyl (C=O) groups is 1. The first kappa shape index (κ1) is 13.2. The number of anilines is 1. The van der Waals surface area contributed by atoms with Crippen molar-refractivity contribution < 1.29 is 9.53 Å². The number of ether oxygens (including phenoxy) is 1. The van der Waals surface area contributed by atoms with Gasteiger partial charge < -0.3 is 15.0 Å². The largest absolute Gasteiger partial charge is 0.484 e. The molecule has 0 saturated heterocycles. The molecule has 0 saturated carbocycles. The Kier molecular flexibility index (Phi) is 3.60. The van der Waals surface area contributed by atoms with Crippen molar-refractivity contribution >= 4 is 22.5 Å². The molecule has 2 N–H and O–H groups in total. The highest BCUT2D eigenvalue weighted by atomic mass is 16.5. The van der Waals surface area contributed by atoms with E-state index < -0.39 is 0 Å². The summed E-state index contributed by atoms with van der Waals surface area (Å²) in [5.74, 6) is 0.516. The van der Waals surface area contributed by atoms with Crippen LogP contribution in [-0.4, -0.2) is 17.5 Å². The average molecular weight is 280 g/mol. The fraction of sp³-hybridized carbons (Fsp3) is 0.118. The van der Waals surface area contributed by atoms with E-state index in [1.54, 1.807) is 0 Å². The predicted octanol–water partition coefficient (Wildman–Crippen LogP) is 3.49. The summed E-state index contributed by atoms with van der Waals surface area (Å²) in [7, 11) is 0. The van der Waals surface area contributed by atoms with Crippen LogP contribution in [0.1, 0.15) is 5.56 Å². The zero-order valence-electron chi connectivity index (χ0n) is 11.7. The van der Waals surface area contributed by atoms with Gasteiger partial charge in [0.1, 0.15) is 5.75 Å². The predicted molar refractivity (Wildman–Crippen MR) is 83.6 cm³/mol. The van der Waals surface area contributed by atoms with Crippen molar-refractivity contribution in [1.29, 1.82) is 0 Å². The highest BCUT2D eigenvalue weighted by molar-refractivity contribution is 5.94. The number of aromatic amines is 1. The van der Waals surface area contributed by atoms with Gasteiger partial charge in [-0.25, -0.2) is 0 Å². The van der Waals surface area contributed by atoms with Gasteiger partial charge in [-0.15, -0.1) is 0 Å². The number of H-pyrrole nitrogens is 1. The first-order chi connectivity index (χ1) is 10.2. The Morgan fingerprint density at radius 2 is 1.95 bits per heavy atom. The van der Waals surface area contributed by atoms with E-state index in [1.165, 1.54) is 0 Å². The zero-order valence-corrected chi connectivity index (χ0v) is 11.7. The van der Waals surface area contributed by atoms with Crippen molar-refractivity contribution in [3.8, 4) is 5.75 Å². The van der Waals surface area contributed by atoms with Crippen molar-refractivity contribution in [3.63, 3.8) is 0 Å². The van der Waals surface area contributed by atoms with Crippen LogP contribution >= 0.6 is 0 Å².